The van der Waals surface area contributed by atoms with Crippen molar-refractivity contribution >= 4 is 0 Å². The molecule has 0 amide bonds. The summed E-state index contributed by atoms with van der Waals surface area (Å²) in [5.41, 5.74) is 0. The number of rotatable bonds is 0. The molecule has 0 radical (unpaired) electrons. The standard InChI is InChI=1S/C10H18O4/c1-5-6(2)12-9(11)8-7(5)13-10(3,4)14-8/h5-9,11H,1-4H3/t5-,6?,7-,8?,9+/m0/s1. The molecule has 0 saturated carbocycles. The Balaban J connectivity index is 2.18. The topological polar surface area (TPSA) is 47.9 Å². The molecule has 0 aromatic heterocycles. The summed E-state index contributed by atoms with van der Waals surface area (Å²) in [5, 5.41) is 9.67. The maximum Gasteiger partial charge on any atom is 0.184 e. The van der Waals surface area contributed by atoms with E-state index in [0.29, 0.717) is 0 Å². The van der Waals surface area contributed by atoms with Gasteiger partial charge in [0.05, 0.1) is 12.2 Å². The Bertz CT molecular complexity index is 228. The number of hydrogen-bond donors (Lipinski definition) is 1. The molecule has 0 aromatic rings. The third-order valence-electron chi connectivity index (χ3n) is 3.06. The fourth-order valence-electron chi connectivity index (χ4n) is 2.13. The summed E-state index contributed by atoms with van der Waals surface area (Å²) in [6.45, 7) is 7.71. The molecular formula is C10H18O4. The van der Waals surface area contributed by atoms with Gasteiger partial charge in [-0.05, 0) is 20.8 Å². The van der Waals surface area contributed by atoms with Crippen molar-refractivity contribution in [2.45, 2.75) is 58.1 Å². The zero-order valence-electron chi connectivity index (χ0n) is 9.06. The van der Waals surface area contributed by atoms with Crippen LogP contribution in [0, 0.1) is 5.92 Å². The average Bonchev–Trinajstić information content (AvgIpc) is 2.38. The van der Waals surface area contributed by atoms with Crippen LogP contribution in [0.15, 0.2) is 0 Å². The van der Waals surface area contributed by atoms with E-state index in [-0.39, 0.29) is 24.2 Å². The molecule has 0 bridgehead atoms. The van der Waals surface area contributed by atoms with E-state index in [1.165, 1.54) is 0 Å². The second-order valence-electron chi connectivity index (χ2n) is 4.66. The van der Waals surface area contributed by atoms with E-state index in [1.807, 2.05) is 20.8 Å². The minimum Gasteiger partial charge on any atom is -0.366 e. The second kappa shape index (κ2) is 3.17. The van der Waals surface area contributed by atoms with Gasteiger partial charge in [-0.1, -0.05) is 6.92 Å². The lowest BCUT2D eigenvalue weighted by Gasteiger charge is -2.37. The minimum atomic E-state index is -0.868. The van der Waals surface area contributed by atoms with Gasteiger partial charge in [0.15, 0.2) is 12.1 Å². The molecule has 0 aromatic carbocycles. The van der Waals surface area contributed by atoms with E-state index < -0.39 is 12.1 Å². The Morgan fingerprint density at radius 1 is 1.07 bits per heavy atom. The minimum absolute atomic E-state index is 0.00347. The quantitative estimate of drug-likeness (QED) is 0.633. The SMILES string of the molecule is CC1O[C@@H](O)C2OC(C)(C)O[C@H]2[C@H]1C. The largest absolute Gasteiger partial charge is 0.366 e. The fraction of sp³-hybridized carbons (Fsp3) is 1.00. The normalized spacial score (nSPS) is 51.6. The lowest BCUT2D eigenvalue weighted by atomic mass is 9.92. The molecule has 4 heteroatoms. The van der Waals surface area contributed by atoms with E-state index >= 15 is 0 Å². The molecule has 0 spiro atoms. The highest BCUT2D eigenvalue weighted by Gasteiger charge is 2.52. The maximum atomic E-state index is 9.67. The monoisotopic (exact) mass is 202 g/mol. The molecule has 2 rings (SSSR count). The summed E-state index contributed by atoms with van der Waals surface area (Å²) < 4.78 is 16.7. The zero-order chi connectivity index (χ0) is 10.5. The Labute approximate surface area is 84.1 Å². The molecule has 2 aliphatic rings. The predicted octanol–water partition coefficient (Wildman–Crippen LogP) is 0.880. The fourth-order valence-corrected chi connectivity index (χ4v) is 2.13. The van der Waals surface area contributed by atoms with Crippen LogP contribution in [0.25, 0.3) is 0 Å². The van der Waals surface area contributed by atoms with Crippen LogP contribution < -0.4 is 0 Å². The smallest absolute Gasteiger partial charge is 0.184 e. The molecule has 1 N–H and O–H groups in total. The molecule has 2 unspecified atom stereocenters. The summed E-state index contributed by atoms with van der Waals surface area (Å²) in [6, 6.07) is 0. The van der Waals surface area contributed by atoms with Crippen LogP contribution >= 0.6 is 0 Å². The molecular weight excluding hydrogens is 184 g/mol. The first-order chi connectivity index (χ1) is 6.41. The highest BCUT2D eigenvalue weighted by Crippen LogP contribution is 2.39. The van der Waals surface area contributed by atoms with Crippen LogP contribution in [-0.2, 0) is 14.2 Å². The number of aliphatic hydroxyl groups is 1. The molecule has 14 heavy (non-hydrogen) atoms. The van der Waals surface area contributed by atoms with Crippen LogP contribution in [0.3, 0.4) is 0 Å². The lowest BCUT2D eigenvalue weighted by Crippen LogP contribution is -2.50. The highest BCUT2D eigenvalue weighted by molar-refractivity contribution is 4.92. The summed E-state index contributed by atoms with van der Waals surface area (Å²) in [5.74, 6) is -0.372. The van der Waals surface area contributed by atoms with E-state index in [1.54, 1.807) is 0 Å². The molecule has 2 aliphatic heterocycles. The van der Waals surface area contributed by atoms with Crippen molar-refractivity contribution in [1.29, 1.82) is 0 Å². The van der Waals surface area contributed by atoms with Crippen molar-refractivity contribution < 1.29 is 19.3 Å². The maximum absolute atomic E-state index is 9.67. The van der Waals surface area contributed by atoms with Gasteiger partial charge in [-0.3, -0.25) is 0 Å². The van der Waals surface area contributed by atoms with Gasteiger partial charge in [-0.15, -0.1) is 0 Å². The highest BCUT2D eigenvalue weighted by atomic mass is 16.8. The van der Waals surface area contributed by atoms with Gasteiger partial charge >= 0.3 is 0 Å². The van der Waals surface area contributed by atoms with Crippen LogP contribution in [-0.4, -0.2) is 35.5 Å². The van der Waals surface area contributed by atoms with Crippen LogP contribution in [0.2, 0.25) is 0 Å². The van der Waals surface area contributed by atoms with Crippen molar-refractivity contribution in [2.24, 2.45) is 5.92 Å². The van der Waals surface area contributed by atoms with Crippen LogP contribution in [0.4, 0.5) is 0 Å². The van der Waals surface area contributed by atoms with Crippen molar-refractivity contribution in [3.63, 3.8) is 0 Å². The van der Waals surface area contributed by atoms with E-state index in [4.69, 9.17) is 14.2 Å². The third-order valence-corrected chi connectivity index (χ3v) is 3.06. The summed E-state index contributed by atoms with van der Waals surface area (Å²) in [6.07, 6.45) is -1.28. The second-order valence-corrected chi connectivity index (χ2v) is 4.66. The van der Waals surface area contributed by atoms with Crippen molar-refractivity contribution in [3.8, 4) is 0 Å². The van der Waals surface area contributed by atoms with Gasteiger partial charge in [-0.25, -0.2) is 0 Å². The van der Waals surface area contributed by atoms with E-state index in [9.17, 15) is 5.11 Å². The Kier molecular flexibility index (Phi) is 2.34. The van der Waals surface area contributed by atoms with Crippen molar-refractivity contribution in [2.75, 3.05) is 0 Å². The van der Waals surface area contributed by atoms with Gasteiger partial charge in [0.25, 0.3) is 0 Å². The first-order valence-corrected chi connectivity index (χ1v) is 5.10. The lowest BCUT2D eigenvalue weighted by molar-refractivity contribution is -0.238. The van der Waals surface area contributed by atoms with Crippen molar-refractivity contribution in [1.82, 2.24) is 0 Å². The Morgan fingerprint density at radius 2 is 1.64 bits per heavy atom. The summed E-state index contributed by atoms with van der Waals surface area (Å²) in [4.78, 5) is 0. The zero-order valence-corrected chi connectivity index (χ0v) is 9.06. The van der Waals surface area contributed by atoms with Gasteiger partial charge in [-0.2, -0.15) is 0 Å². The van der Waals surface area contributed by atoms with Crippen LogP contribution in [0.5, 0.6) is 0 Å². The molecule has 2 fully saturated rings. The molecule has 82 valence electrons. The Morgan fingerprint density at radius 3 is 2.29 bits per heavy atom. The first kappa shape index (κ1) is 10.4. The Hall–Kier alpha value is -0.160. The van der Waals surface area contributed by atoms with Gasteiger partial charge in [0, 0.05) is 5.92 Å². The van der Waals surface area contributed by atoms with Gasteiger partial charge < -0.3 is 19.3 Å². The average molecular weight is 202 g/mol. The molecule has 0 aliphatic carbocycles. The third kappa shape index (κ3) is 1.56. The number of aliphatic hydroxyl groups excluding tert-OH is 1. The number of hydrogen-bond acceptors (Lipinski definition) is 4. The summed E-state index contributed by atoms with van der Waals surface area (Å²) >= 11 is 0. The number of ether oxygens (including phenoxy) is 3. The van der Waals surface area contributed by atoms with Crippen LogP contribution in [0.1, 0.15) is 27.7 Å². The molecule has 2 heterocycles. The van der Waals surface area contributed by atoms with E-state index in [2.05, 4.69) is 6.92 Å². The first-order valence-electron chi connectivity index (χ1n) is 5.10. The van der Waals surface area contributed by atoms with Gasteiger partial charge in [0.1, 0.15) is 6.10 Å². The summed E-state index contributed by atoms with van der Waals surface area (Å²) in [7, 11) is 0. The molecule has 5 atom stereocenters. The predicted molar refractivity (Wildman–Crippen MR) is 49.5 cm³/mol. The van der Waals surface area contributed by atoms with Gasteiger partial charge in [0.2, 0.25) is 0 Å². The molecule has 2 saturated heterocycles. The number of fused-ring (bicyclic) bond motifs is 1. The molecule has 4 nitrogen and oxygen atoms in total. The van der Waals surface area contributed by atoms with E-state index in [0.717, 1.165) is 0 Å². The van der Waals surface area contributed by atoms with Crippen molar-refractivity contribution in [3.05, 3.63) is 0 Å².